The third-order valence-electron chi connectivity index (χ3n) is 2.09. The average Bonchev–Trinajstić information content (AvgIpc) is 2.31. The predicted molar refractivity (Wildman–Crippen MR) is 57.2 cm³/mol. The molecule has 0 aromatic heterocycles. The van der Waals surface area contributed by atoms with Crippen molar-refractivity contribution in [3.8, 4) is 0 Å². The first-order valence-electron chi connectivity index (χ1n) is 4.51. The Kier molecular flexibility index (Phi) is 5.06. The molecule has 1 rings (SSSR count). The molecule has 14 heavy (non-hydrogen) atoms. The summed E-state index contributed by atoms with van der Waals surface area (Å²) in [5, 5.41) is 0. The third-order valence-corrected chi connectivity index (χ3v) is 3.95. The minimum Gasteiger partial charge on any atom is -0.301 e. The summed E-state index contributed by atoms with van der Waals surface area (Å²) < 4.78 is 36.7. The van der Waals surface area contributed by atoms with Gasteiger partial charge in [-0.3, -0.25) is 0 Å². The smallest absolute Gasteiger partial charge is 0.301 e. The molecule has 0 aliphatic carbocycles. The van der Waals surface area contributed by atoms with Crippen molar-refractivity contribution < 1.29 is 13.2 Å². The first-order chi connectivity index (χ1) is 6.50. The fourth-order valence-electron chi connectivity index (χ4n) is 1.31. The monoisotopic (exact) mass is 291 g/mol. The minimum absolute atomic E-state index is 0.0735. The summed E-state index contributed by atoms with van der Waals surface area (Å²) in [7, 11) is 0. The number of rotatable bonds is 2. The van der Waals surface area contributed by atoms with Gasteiger partial charge in [0.2, 0.25) is 0 Å². The Bertz CT molecular complexity index is 168. The molecule has 1 aliphatic heterocycles. The van der Waals surface area contributed by atoms with Crippen molar-refractivity contribution in [1.82, 2.24) is 4.90 Å². The molecule has 1 unspecified atom stereocenters. The van der Waals surface area contributed by atoms with E-state index in [1.165, 1.54) is 0 Å². The lowest BCUT2D eigenvalue weighted by Gasteiger charge is -2.23. The van der Waals surface area contributed by atoms with Crippen LogP contribution in [0.3, 0.4) is 0 Å². The quantitative estimate of drug-likeness (QED) is 0.720. The van der Waals surface area contributed by atoms with Crippen molar-refractivity contribution in [2.45, 2.75) is 17.4 Å². The molecule has 0 amide bonds. The van der Waals surface area contributed by atoms with Crippen molar-refractivity contribution in [2.24, 2.45) is 0 Å². The maximum Gasteiger partial charge on any atom is 0.402 e. The van der Waals surface area contributed by atoms with Gasteiger partial charge in [-0.2, -0.15) is 24.9 Å². The van der Waals surface area contributed by atoms with Crippen LogP contribution in [0.2, 0.25) is 0 Å². The molecule has 0 aromatic rings. The normalized spacial score (nSPS) is 23.1. The highest BCUT2D eigenvalue weighted by Crippen LogP contribution is 2.27. The zero-order valence-electron chi connectivity index (χ0n) is 7.69. The van der Waals surface area contributed by atoms with Crippen LogP contribution < -0.4 is 0 Å². The molecule has 1 fully saturated rings. The molecule has 0 spiro atoms. The standard InChI is InChI=1S/C8H13BrF3NS/c9-7(8(10,11)12)6-13-2-1-4-14-5-3-13/h7H,1-6H2. The van der Waals surface area contributed by atoms with Crippen molar-refractivity contribution in [2.75, 3.05) is 31.1 Å². The molecule has 1 aliphatic rings. The van der Waals surface area contributed by atoms with Gasteiger partial charge in [0.05, 0.1) is 0 Å². The molecule has 1 saturated heterocycles. The number of thioether (sulfide) groups is 1. The second-order valence-electron chi connectivity index (χ2n) is 3.28. The lowest BCUT2D eigenvalue weighted by Crippen LogP contribution is -2.38. The summed E-state index contributed by atoms with van der Waals surface area (Å²) in [5.41, 5.74) is 0. The van der Waals surface area contributed by atoms with Crippen LogP contribution in [-0.4, -0.2) is 47.0 Å². The topological polar surface area (TPSA) is 3.24 Å². The molecular weight excluding hydrogens is 279 g/mol. The molecule has 1 heterocycles. The summed E-state index contributed by atoms with van der Waals surface area (Å²) in [4.78, 5) is 0.491. The van der Waals surface area contributed by atoms with Crippen molar-refractivity contribution in [3.63, 3.8) is 0 Å². The Balaban J connectivity index is 2.34. The molecule has 1 atom stereocenters. The van der Waals surface area contributed by atoms with Gasteiger partial charge in [0.15, 0.2) is 0 Å². The molecule has 84 valence electrons. The van der Waals surface area contributed by atoms with Crippen LogP contribution in [0.25, 0.3) is 0 Å². The highest BCUT2D eigenvalue weighted by Gasteiger charge is 2.38. The molecule has 6 heteroatoms. The predicted octanol–water partition coefficient (Wildman–Crippen LogP) is 2.75. The van der Waals surface area contributed by atoms with E-state index < -0.39 is 11.0 Å². The molecular formula is C8H13BrF3NS. The van der Waals surface area contributed by atoms with Crippen LogP contribution in [0.15, 0.2) is 0 Å². The second-order valence-corrected chi connectivity index (χ2v) is 5.61. The van der Waals surface area contributed by atoms with Crippen molar-refractivity contribution in [1.29, 1.82) is 0 Å². The first-order valence-corrected chi connectivity index (χ1v) is 6.58. The fraction of sp³-hybridized carbons (Fsp3) is 1.00. The molecule has 0 radical (unpaired) electrons. The van der Waals surface area contributed by atoms with Crippen molar-refractivity contribution in [3.05, 3.63) is 0 Å². The fourth-order valence-corrected chi connectivity index (χ4v) is 2.64. The van der Waals surface area contributed by atoms with Crippen LogP contribution in [-0.2, 0) is 0 Å². The van der Waals surface area contributed by atoms with Gasteiger partial charge < -0.3 is 4.90 Å². The van der Waals surface area contributed by atoms with Gasteiger partial charge >= 0.3 is 6.18 Å². The van der Waals surface area contributed by atoms with Gasteiger partial charge in [-0.15, -0.1) is 0 Å². The Morgan fingerprint density at radius 3 is 2.64 bits per heavy atom. The van der Waals surface area contributed by atoms with E-state index >= 15 is 0 Å². The Morgan fingerprint density at radius 2 is 2.00 bits per heavy atom. The Morgan fingerprint density at radius 1 is 1.29 bits per heavy atom. The summed E-state index contributed by atoms with van der Waals surface area (Å²) in [6.07, 6.45) is -3.14. The van der Waals surface area contributed by atoms with E-state index in [4.69, 9.17) is 0 Å². The van der Waals surface area contributed by atoms with E-state index in [2.05, 4.69) is 15.9 Å². The van der Waals surface area contributed by atoms with Gasteiger partial charge in [0.25, 0.3) is 0 Å². The van der Waals surface area contributed by atoms with E-state index in [0.29, 0.717) is 0 Å². The van der Waals surface area contributed by atoms with E-state index in [9.17, 15) is 13.2 Å². The zero-order chi connectivity index (χ0) is 10.6. The summed E-state index contributed by atoms with van der Waals surface area (Å²) in [5.74, 6) is 2.01. The number of alkyl halides is 4. The van der Waals surface area contributed by atoms with Gasteiger partial charge in [-0.05, 0) is 18.7 Å². The Labute approximate surface area is 94.5 Å². The van der Waals surface area contributed by atoms with Crippen LogP contribution in [0.1, 0.15) is 6.42 Å². The van der Waals surface area contributed by atoms with Crippen LogP contribution in [0.5, 0.6) is 0 Å². The highest BCUT2D eigenvalue weighted by atomic mass is 79.9. The first kappa shape index (κ1) is 12.6. The SMILES string of the molecule is FC(F)(F)C(Br)CN1CCCSCC1. The maximum absolute atomic E-state index is 12.2. The number of nitrogens with zero attached hydrogens (tertiary/aromatic N) is 1. The lowest BCUT2D eigenvalue weighted by molar-refractivity contribution is -0.130. The van der Waals surface area contributed by atoms with E-state index in [-0.39, 0.29) is 6.54 Å². The largest absolute Gasteiger partial charge is 0.402 e. The van der Waals surface area contributed by atoms with E-state index in [0.717, 1.165) is 31.0 Å². The summed E-state index contributed by atoms with van der Waals surface area (Å²) in [6.45, 7) is 1.62. The van der Waals surface area contributed by atoms with Crippen LogP contribution >= 0.6 is 27.7 Å². The number of hydrogen-bond donors (Lipinski definition) is 0. The lowest BCUT2D eigenvalue weighted by atomic mass is 10.3. The second kappa shape index (κ2) is 5.61. The van der Waals surface area contributed by atoms with Gasteiger partial charge in [-0.25, -0.2) is 0 Å². The van der Waals surface area contributed by atoms with Crippen LogP contribution in [0.4, 0.5) is 13.2 Å². The average molecular weight is 292 g/mol. The number of halogens is 4. The molecule has 0 bridgehead atoms. The van der Waals surface area contributed by atoms with Gasteiger partial charge in [0.1, 0.15) is 4.83 Å². The van der Waals surface area contributed by atoms with E-state index in [1.54, 1.807) is 0 Å². The third kappa shape index (κ3) is 4.40. The zero-order valence-corrected chi connectivity index (χ0v) is 10.1. The van der Waals surface area contributed by atoms with Gasteiger partial charge in [-0.1, -0.05) is 15.9 Å². The van der Waals surface area contributed by atoms with E-state index in [1.807, 2.05) is 16.7 Å². The highest BCUT2D eigenvalue weighted by molar-refractivity contribution is 9.09. The summed E-state index contributed by atoms with van der Waals surface area (Å²) >= 11 is 4.50. The molecule has 0 aromatic carbocycles. The van der Waals surface area contributed by atoms with Crippen LogP contribution in [0, 0.1) is 0 Å². The minimum atomic E-state index is -4.13. The van der Waals surface area contributed by atoms with Crippen molar-refractivity contribution >= 4 is 27.7 Å². The van der Waals surface area contributed by atoms with Gasteiger partial charge in [0, 0.05) is 18.8 Å². The maximum atomic E-state index is 12.2. The summed E-state index contributed by atoms with van der Waals surface area (Å²) in [6, 6.07) is 0. The number of hydrogen-bond acceptors (Lipinski definition) is 2. The molecule has 0 saturated carbocycles. The molecule has 1 nitrogen and oxygen atoms in total. The molecule has 0 N–H and O–H groups in total. The Hall–Kier alpha value is 0.580.